The van der Waals surface area contributed by atoms with Crippen LogP contribution in [0.1, 0.15) is 12.8 Å². The molecule has 18 heavy (non-hydrogen) atoms. The molecule has 0 aromatic carbocycles. The predicted molar refractivity (Wildman–Crippen MR) is 70.8 cm³/mol. The molecule has 0 aliphatic heterocycles. The Morgan fingerprint density at radius 3 is 2.89 bits per heavy atom. The molecule has 0 saturated heterocycles. The van der Waals surface area contributed by atoms with Crippen LogP contribution in [0.2, 0.25) is 5.15 Å². The Hall–Kier alpha value is -1.56. The second kappa shape index (κ2) is 5.86. The third-order valence-electron chi connectivity index (χ3n) is 2.72. The molecule has 1 heterocycles. The highest BCUT2D eigenvalue weighted by atomic mass is 35.5. The molecule has 0 unspecified atom stereocenters. The van der Waals surface area contributed by atoms with Gasteiger partial charge in [-0.25, -0.2) is 9.97 Å². The van der Waals surface area contributed by atoms with Gasteiger partial charge in [-0.1, -0.05) is 11.6 Å². The molecule has 0 atom stereocenters. The molecule has 3 N–H and O–H groups in total. The maximum absolute atomic E-state index is 11.4. The molecule has 7 heteroatoms. The number of rotatable bonds is 6. The third kappa shape index (κ3) is 3.22. The largest absolute Gasteiger partial charge is 0.383 e. The van der Waals surface area contributed by atoms with E-state index in [1.807, 2.05) is 0 Å². The van der Waals surface area contributed by atoms with E-state index in [-0.39, 0.29) is 11.8 Å². The maximum Gasteiger partial charge on any atom is 0.223 e. The van der Waals surface area contributed by atoms with Crippen LogP contribution in [-0.2, 0) is 4.79 Å². The maximum atomic E-state index is 11.4. The van der Waals surface area contributed by atoms with Crippen molar-refractivity contribution in [2.45, 2.75) is 12.8 Å². The molecule has 1 aromatic heterocycles. The van der Waals surface area contributed by atoms with Crippen molar-refractivity contribution in [2.24, 2.45) is 5.92 Å². The number of hydrogen-bond acceptors (Lipinski definition) is 5. The molecule has 6 nitrogen and oxygen atoms in total. The van der Waals surface area contributed by atoms with Gasteiger partial charge < -0.3 is 16.0 Å². The number of nitrogens with zero attached hydrogens (tertiary/aromatic N) is 2. The standard InChI is InChI=1S/C11H16ClN5O/c1-13-8-9(12)16-6-17-10(8)14-4-5-15-11(18)7-2-3-7/h6-7,13H,2-5H2,1H3,(H,15,18)(H,14,16,17). The van der Waals surface area contributed by atoms with Gasteiger partial charge in [0, 0.05) is 26.1 Å². The van der Waals surface area contributed by atoms with E-state index in [2.05, 4.69) is 25.9 Å². The van der Waals surface area contributed by atoms with Gasteiger partial charge in [0.2, 0.25) is 5.91 Å². The van der Waals surface area contributed by atoms with Crippen molar-refractivity contribution >= 4 is 29.0 Å². The van der Waals surface area contributed by atoms with Gasteiger partial charge in [-0.2, -0.15) is 0 Å². The van der Waals surface area contributed by atoms with Gasteiger partial charge in [-0.3, -0.25) is 4.79 Å². The Morgan fingerprint density at radius 2 is 2.22 bits per heavy atom. The van der Waals surface area contributed by atoms with E-state index in [1.54, 1.807) is 7.05 Å². The fourth-order valence-corrected chi connectivity index (χ4v) is 1.80. The Bertz CT molecular complexity index is 435. The minimum Gasteiger partial charge on any atom is -0.383 e. The topological polar surface area (TPSA) is 78.9 Å². The summed E-state index contributed by atoms with van der Waals surface area (Å²) in [5, 5.41) is 9.28. The monoisotopic (exact) mass is 269 g/mol. The second-order valence-electron chi connectivity index (χ2n) is 4.13. The van der Waals surface area contributed by atoms with Crippen molar-refractivity contribution in [3.05, 3.63) is 11.5 Å². The van der Waals surface area contributed by atoms with Crippen LogP contribution in [0, 0.1) is 5.92 Å². The number of halogens is 1. The Morgan fingerprint density at radius 1 is 1.44 bits per heavy atom. The molecule has 1 aromatic rings. The lowest BCUT2D eigenvalue weighted by Gasteiger charge is -2.11. The van der Waals surface area contributed by atoms with Gasteiger partial charge in [0.25, 0.3) is 0 Å². The summed E-state index contributed by atoms with van der Waals surface area (Å²) in [6.45, 7) is 1.17. The predicted octanol–water partition coefficient (Wildman–Crippen LogP) is 1.11. The van der Waals surface area contributed by atoms with Crippen molar-refractivity contribution in [2.75, 3.05) is 30.8 Å². The first-order valence-electron chi connectivity index (χ1n) is 5.92. The minimum absolute atomic E-state index is 0.145. The first-order chi connectivity index (χ1) is 8.72. The normalized spacial score (nSPS) is 14.1. The number of aromatic nitrogens is 2. The van der Waals surface area contributed by atoms with E-state index >= 15 is 0 Å². The van der Waals surface area contributed by atoms with Crippen LogP contribution >= 0.6 is 11.6 Å². The van der Waals surface area contributed by atoms with Gasteiger partial charge in [-0.15, -0.1) is 0 Å². The Kier molecular flexibility index (Phi) is 4.19. The van der Waals surface area contributed by atoms with E-state index in [0.29, 0.717) is 29.7 Å². The van der Waals surface area contributed by atoms with E-state index in [0.717, 1.165) is 12.8 Å². The van der Waals surface area contributed by atoms with Gasteiger partial charge in [0.05, 0.1) is 0 Å². The molecule has 0 bridgehead atoms. The minimum atomic E-state index is 0.145. The zero-order valence-electron chi connectivity index (χ0n) is 10.2. The summed E-state index contributed by atoms with van der Waals surface area (Å²) in [5.74, 6) is 1.02. The highest BCUT2D eigenvalue weighted by Gasteiger charge is 2.28. The summed E-state index contributed by atoms with van der Waals surface area (Å²) >= 11 is 5.92. The van der Waals surface area contributed by atoms with Crippen molar-refractivity contribution in [3.8, 4) is 0 Å². The highest BCUT2D eigenvalue weighted by molar-refractivity contribution is 6.32. The molecule has 1 aliphatic carbocycles. The van der Waals surface area contributed by atoms with Crippen LogP contribution in [0.25, 0.3) is 0 Å². The average Bonchev–Trinajstić information content (AvgIpc) is 3.18. The molecule has 98 valence electrons. The Balaban J connectivity index is 1.79. The third-order valence-corrected chi connectivity index (χ3v) is 3.00. The van der Waals surface area contributed by atoms with Crippen LogP contribution in [0.15, 0.2) is 6.33 Å². The Labute approximate surface area is 111 Å². The van der Waals surface area contributed by atoms with Crippen molar-refractivity contribution in [1.29, 1.82) is 0 Å². The highest BCUT2D eigenvalue weighted by Crippen LogP contribution is 2.28. The summed E-state index contributed by atoms with van der Waals surface area (Å²) in [6.07, 6.45) is 3.43. The van der Waals surface area contributed by atoms with Crippen LogP contribution in [0.3, 0.4) is 0 Å². The van der Waals surface area contributed by atoms with Gasteiger partial charge in [0.1, 0.15) is 12.0 Å². The zero-order valence-corrected chi connectivity index (χ0v) is 10.9. The van der Waals surface area contributed by atoms with E-state index in [4.69, 9.17) is 11.6 Å². The summed E-state index contributed by atoms with van der Waals surface area (Å²) < 4.78 is 0. The molecule has 1 amide bonds. The molecular weight excluding hydrogens is 254 g/mol. The van der Waals surface area contributed by atoms with Crippen molar-refractivity contribution in [1.82, 2.24) is 15.3 Å². The molecular formula is C11H16ClN5O. The SMILES string of the molecule is CNc1c(Cl)ncnc1NCCNC(=O)C1CC1. The fraction of sp³-hybridized carbons (Fsp3) is 0.545. The smallest absolute Gasteiger partial charge is 0.223 e. The second-order valence-corrected chi connectivity index (χ2v) is 4.49. The molecule has 1 fully saturated rings. The summed E-state index contributed by atoms with van der Waals surface area (Å²) in [5.41, 5.74) is 0.660. The van der Waals surface area contributed by atoms with Crippen LogP contribution in [0.4, 0.5) is 11.5 Å². The summed E-state index contributed by atoms with van der Waals surface area (Å²) in [7, 11) is 1.75. The van der Waals surface area contributed by atoms with Gasteiger partial charge in [0.15, 0.2) is 11.0 Å². The lowest BCUT2D eigenvalue weighted by Crippen LogP contribution is -2.30. The number of amides is 1. The van der Waals surface area contributed by atoms with Crippen LogP contribution < -0.4 is 16.0 Å². The van der Waals surface area contributed by atoms with E-state index < -0.39 is 0 Å². The number of carbonyl (C=O) groups excluding carboxylic acids is 1. The summed E-state index contributed by atoms with van der Waals surface area (Å²) in [6, 6.07) is 0. The first kappa shape index (κ1) is 12.9. The van der Waals surface area contributed by atoms with E-state index in [9.17, 15) is 4.79 Å². The number of nitrogens with one attached hydrogen (secondary N) is 3. The van der Waals surface area contributed by atoms with Crippen LogP contribution in [0.5, 0.6) is 0 Å². The number of carbonyl (C=O) groups is 1. The van der Waals surface area contributed by atoms with Gasteiger partial charge in [-0.05, 0) is 12.8 Å². The fourth-order valence-electron chi connectivity index (χ4n) is 1.58. The van der Waals surface area contributed by atoms with Crippen molar-refractivity contribution < 1.29 is 4.79 Å². The van der Waals surface area contributed by atoms with E-state index in [1.165, 1.54) is 6.33 Å². The number of hydrogen-bond donors (Lipinski definition) is 3. The molecule has 0 radical (unpaired) electrons. The lowest BCUT2D eigenvalue weighted by atomic mass is 10.4. The molecule has 2 rings (SSSR count). The quantitative estimate of drug-likeness (QED) is 0.533. The molecule has 1 aliphatic rings. The average molecular weight is 270 g/mol. The molecule has 1 saturated carbocycles. The van der Waals surface area contributed by atoms with Crippen LogP contribution in [-0.4, -0.2) is 36.0 Å². The van der Waals surface area contributed by atoms with Crippen molar-refractivity contribution in [3.63, 3.8) is 0 Å². The zero-order chi connectivity index (χ0) is 13.0. The summed E-state index contributed by atoms with van der Waals surface area (Å²) in [4.78, 5) is 19.4. The number of anilines is 2. The molecule has 0 spiro atoms. The first-order valence-corrected chi connectivity index (χ1v) is 6.30. The van der Waals surface area contributed by atoms with Gasteiger partial charge >= 0.3 is 0 Å². The lowest BCUT2D eigenvalue weighted by molar-refractivity contribution is -0.122.